The minimum absolute atomic E-state index is 0.0364. The Bertz CT molecular complexity index is 833. The number of para-hydroxylation sites is 3. The minimum atomic E-state index is -2.62. The summed E-state index contributed by atoms with van der Waals surface area (Å²) in [6, 6.07) is 13.0. The maximum atomic E-state index is 12.6. The number of fused-ring (bicyclic) bond motifs is 1. The van der Waals surface area contributed by atoms with Crippen LogP contribution in [-0.2, 0) is 14.3 Å². The summed E-state index contributed by atoms with van der Waals surface area (Å²) in [6.07, 6.45) is -0.991. The summed E-state index contributed by atoms with van der Waals surface area (Å²) in [6.45, 7) is -0.612. The number of thioether (sulfide) groups is 1. The van der Waals surface area contributed by atoms with Gasteiger partial charge in [0.25, 0.3) is 11.7 Å². The number of alkyl halides is 2. The van der Waals surface area contributed by atoms with Gasteiger partial charge in [0.15, 0.2) is 18.1 Å². The van der Waals surface area contributed by atoms with E-state index in [1.54, 1.807) is 36.4 Å². The molecule has 1 aliphatic heterocycles. The molecule has 0 saturated heterocycles. The number of carbonyl (C=O) groups is 2. The Kier molecular flexibility index (Phi) is 6.12. The summed E-state index contributed by atoms with van der Waals surface area (Å²) in [4.78, 5) is 24.3. The predicted octanol–water partition coefficient (Wildman–Crippen LogP) is 3.32. The van der Waals surface area contributed by atoms with E-state index in [0.717, 1.165) is 0 Å². The van der Waals surface area contributed by atoms with Crippen LogP contribution >= 0.6 is 11.8 Å². The molecule has 6 nitrogen and oxygen atoms in total. The lowest BCUT2D eigenvalue weighted by Gasteiger charge is -2.24. The minimum Gasteiger partial charge on any atom is -0.485 e. The number of esters is 1. The standard InChI is InChI=1S/C18H15F2NO5S/c19-18(20)27-15-8-4-1-5-11(15)21-16(22)10-25-17(23)14-9-24-12-6-2-3-7-13(12)26-14/h1-8,14,18H,9-10H2,(H,21,22). The second kappa shape index (κ2) is 8.72. The number of carbonyl (C=O) groups excluding carboxylic acids is 2. The molecule has 0 saturated carbocycles. The van der Waals surface area contributed by atoms with Gasteiger partial charge in [-0.2, -0.15) is 8.78 Å². The highest BCUT2D eigenvalue weighted by molar-refractivity contribution is 7.99. The van der Waals surface area contributed by atoms with Gasteiger partial charge in [-0.3, -0.25) is 4.79 Å². The monoisotopic (exact) mass is 395 g/mol. The van der Waals surface area contributed by atoms with E-state index in [-0.39, 0.29) is 17.2 Å². The topological polar surface area (TPSA) is 73.9 Å². The van der Waals surface area contributed by atoms with Gasteiger partial charge in [-0.05, 0) is 24.3 Å². The molecule has 1 amide bonds. The number of halogens is 2. The lowest BCUT2D eigenvalue weighted by molar-refractivity contribution is -0.156. The van der Waals surface area contributed by atoms with Crippen LogP contribution in [0.4, 0.5) is 14.5 Å². The van der Waals surface area contributed by atoms with Gasteiger partial charge in [0, 0.05) is 4.90 Å². The van der Waals surface area contributed by atoms with Crippen molar-refractivity contribution < 1.29 is 32.6 Å². The van der Waals surface area contributed by atoms with E-state index < -0.39 is 30.3 Å². The van der Waals surface area contributed by atoms with Gasteiger partial charge < -0.3 is 19.5 Å². The van der Waals surface area contributed by atoms with Crippen molar-refractivity contribution in [3.05, 3.63) is 48.5 Å². The number of rotatable bonds is 6. The zero-order chi connectivity index (χ0) is 19.2. The fourth-order valence-corrected chi connectivity index (χ4v) is 2.92. The molecule has 3 rings (SSSR count). The number of anilines is 1. The fraction of sp³-hybridized carbons (Fsp3) is 0.222. The molecule has 0 spiro atoms. The van der Waals surface area contributed by atoms with E-state index in [0.29, 0.717) is 23.3 Å². The van der Waals surface area contributed by atoms with Gasteiger partial charge in [-0.15, -0.1) is 0 Å². The third-order valence-electron chi connectivity index (χ3n) is 3.49. The maximum absolute atomic E-state index is 12.6. The number of benzene rings is 2. The highest BCUT2D eigenvalue weighted by atomic mass is 32.2. The molecule has 0 radical (unpaired) electrons. The number of amides is 1. The third-order valence-corrected chi connectivity index (χ3v) is 4.28. The van der Waals surface area contributed by atoms with Gasteiger partial charge in [-0.1, -0.05) is 36.0 Å². The van der Waals surface area contributed by atoms with E-state index in [4.69, 9.17) is 14.2 Å². The Labute approximate surface area is 157 Å². The Hall–Kier alpha value is -2.81. The first-order valence-corrected chi connectivity index (χ1v) is 8.79. The molecule has 1 atom stereocenters. The maximum Gasteiger partial charge on any atom is 0.351 e. The molecular weight excluding hydrogens is 380 g/mol. The SMILES string of the molecule is O=C(COC(=O)C1COc2ccccc2O1)Nc1ccccc1SC(F)F. The van der Waals surface area contributed by atoms with Crippen molar-refractivity contribution in [3.63, 3.8) is 0 Å². The molecule has 1 heterocycles. The molecule has 2 aromatic carbocycles. The van der Waals surface area contributed by atoms with Gasteiger partial charge in [0.05, 0.1) is 5.69 Å². The Morgan fingerprint density at radius 3 is 2.63 bits per heavy atom. The summed E-state index contributed by atoms with van der Waals surface area (Å²) >= 11 is 0.315. The quantitative estimate of drug-likeness (QED) is 0.598. The Balaban J connectivity index is 1.52. The molecule has 0 fully saturated rings. The van der Waals surface area contributed by atoms with Crippen molar-refractivity contribution in [3.8, 4) is 11.5 Å². The molecule has 2 aromatic rings. The number of nitrogens with one attached hydrogen (secondary N) is 1. The van der Waals surface area contributed by atoms with Crippen LogP contribution in [0.2, 0.25) is 0 Å². The third kappa shape index (κ3) is 5.10. The molecule has 0 aromatic heterocycles. The van der Waals surface area contributed by atoms with Gasteiger partial charge in [0.1, 0.15) is 6.61 Å². The highest BCUT2D eigenvalue weighted by Gasteiger charge is 2.29. The van der Waals surface area contributed by atoms with Crippen LogP contribution in [0.1, 0.15) is 0 Å². The molecule has 1 aliphatic rings. The van der Waals surface area contributed by atoms with Crippen LogP contribution in [-0.4, -0.2) is 37.0 Å². The zero-order valence-corrected chi connectivity index (χ0v) is 14.7. The van der Waals surface area contributed by atoms with E-state index in [2.05, 4.69) is 5.32 Å². The first kappa shape index (κ1) is 19.0. The van der Waals surface area contributed by atoms with Gasteiger partial charge in [-0.25, -0.2) is 4.79 Å². The van der Waals surface area contributed by atoms with Crippen molar-refractivity contribution in [2.75, 3.05) is 18.5 Å². The molecule has 1 N–H and O–H groups in total. The van der Waals surface area contributed by atoms with E-state index in [1.807, 2.05) is 0 Å². The van der Waals surface area contributed by atoms with Crippen molar-refractivity contribution in [1.29, 1.82) is 0 Å². The number of hydrogen-bond acceptors (Lipinski definition) is 6. The normalized spacial score (nSPS) is 15.3. The average molecular weight is 395 g/mol. The molecule has 27 heavy (non-hydrogen) atoms. The Morgan fingerprint density at radius 2 is 1.85 bits per heavy atom. The second-order valence-electron chi connectivity index (χ2n) is 5.39. The van der Waals surface area contributed by atoms with Gasteiger partial charge >= 0.3 is 5.97 Å². The van der Waals surface area contributed by atoms with E-state index in [1.165, 1.54) is 12.1 Å². The summed E-state index contributed by atoms with van der Waals surface area (Å²) < 4.78 is 41.0. The summed E-state index contributed by atoms with van der Waals surface area (Å²) in [5.74, 6) is -3.09. The lowest BCUT2D eigenvalue weighted by Crippen LogP contribution is -2.39. The number of hydrogen-bond donors (Lipinski definition) is 1. The van der Waals surface area contributed by atoms with Crippen molar-refractivity contribution in [2.24, 2.45) is 0 Å². The van der Waals surface area contributed by atoms with Crippen LogP contribution in [0.5, 0.6) is 11.5 Å². The molecule has 9 heteroatoms. The Morgan fingerprint density at radius 1 is 1.15 bits per heavy atom. The predicted molar refractivity (Wildman–Crippen MR) is 94.2 cm³/mol. The number of ether oxygens (including phenoxy) is 3. The summed E-state index contributed by atoms with van der Waals surface area (Å²) in [5.41, 5.74) is 0.218. The molecule has 142 valence electrons. The van der Waals surface area contributed by atoms with Crippen molar-refractivity contribution in [2.45, 2.75) is 16.8 Å². The van der Waals surface area contributed by atoms with Gasteiger partial charge in [0.2, 0.25) is 6.10 Å². The van der Waals surface area contributed by atoms with Crippen LogP contribution in [0, 0.1) is 0 Å². The largest absolute Gasteiger partial charge is 0.485 e. The van der Waals surface area contributed by atoms with Crippen LogP contribution < -0.4 is 14.8 Å². The molecule has 0 aliphatic carbocycles. The molecular formula is C18H15F2NO5S. The summed E-state index contributed by atoms with van der Waals surface area (Å²) in [7, 11) is 0. The smallest absolute Gasteiger partial charge is 0.351 e. The molecule has 0 bridgehead atoms. The first-order chi connectivity index (χ1) is 13.0. The van der Waals surface area contributed by atoms with Crippen LogP contribution in [0.15, 0.2) is 53.4 Å². The molecule has 1 unspecified atom stereocenters. The fourth-order valence-electron chi connectivity index (χ4n) is 2.32. The zero-order valence-electron chi connectivity index (χ0n) is 13.9. The average Bonchev–Trinajstić information content (AvgIpc) is 2.67. The highest BCUT2D eigenvalue weighted by Crippen LogP contribution is 2.32. The summed E-state index contributed by atoms with van der Waals surface area (Å²) in [5, 5.41) is 2.45. The second-order valence-corrected chi connectivity index (χ2v) is 6.43. The van der Waals surface area contributed by atoms with Crippen LogP contribution in [0.3, 0.4) is 0 Å². The lowest BCUT2D eigenvalue weighted by atomic mass is 10.2. The van der Waals surface area contributed by atoms with E-state index >= 15 is 0 Å². The van der Waals surface area contributed by atoms with Crippen molar-refractivity contribution in [1.82, 2.24) is 0 Å². The van der Waals surface area contributed by atoms with E-state index in [9.17, 15) is 18.4 Å². The van der Waals surface area contributed by atoms with Crippen LogP contribution in [0.25, 0.3) is 0 Å². The first-order valence-electron chi connectivity index (χ1n) is 7.92. The van der Waals surface area contributed by atoms with Crippen molar-refractivity contribution >= 4 is 29.3 Å².